The number of hydrogen-bond acceptors (Lipinski definition) is 5. The molecule has 0 fully saturated rings. The zero-order valence-corrected chi connectivity index (χ0v) is 19.9. The van der Waals surface area contributed by atoms with Crippen molar-refractivity contribution in [2.24, 2.45) is 0 Å². The number of aliphatic hydroxyl groups excluding tert-OH is 2. The number of aliphatic hydroxyl groups is 2. The minimum Gasteiger partial charge on any atom is -0.462 e. The summed E-state index contributed by atoms with van der Waals surface area (Å²) in [5, 5.41) is 18.2. The molecule has 0 aromatic rings. The van der Waals surface area contributed by atoms with Crippen molar-refractivity contribution in [3.63, 3.8) is 0 Å². The summed E-state index contributed by atoms with van der Waals surface area (Å²) in [4.78, 5) is 12.2. The van der Waals surface area contributed by atoms with Crippen LogP contribution in [0.25, 0.3) is 0 Å². The molecule has 0 saturated carbocycles. The molecule has 0 saturated heterocycles. The van der Waals surface area contributed by atoms with E-state index in [9.17, 15) is 9.90 Å². The standard InChI is InChI=1S/C25H50O5/c1-3-5-7-9-10-11-12-14-16-18-25(28)30-24(17-15-13-8-6-4-2)19-20-29-22-23(27)21-26/h23-24,26-27H,3-22H2,1-2H3. The Morgan fingerprint density at radius 2 is 1.30 bits per heavy atom. The van der Waals surface area contributed by atoms with Crippen molar-refractivity contribution in [1.29, 1.82) is 0 Å². The van der Waals surface area contributed by atoms with E-state index in [1.54, 1.807) is 0 Å². The first kappa shape index (κ1) is 29.4. The molecule has 5 nitrogen and oxygen atoms in total. The van der Waals surface area contributed by atoms with Gasteiger partial charge in [0.05, 0.1) is 19.8 Å². The van der Waals surface area contributed by atoms with Gasteiger partial charge in [-0.1, -0.05) is 90.9 Å². The van der Waals surface area contributed by atoms with E-state index in [1.807, 2.05) is 0 Å². The highest BCUT2D eigenvalue weighted by molar-refractivity contribution is 5.69. The lowest BCUT2D eigenvalue weighted by atomic mass is 10.1. The Bertz CT molecular complexity index is 361. The van der Waals surface area contributed by atoms with Crippen LogP contribution in [0.2, 0.25) is 0 Å². The lowest BCUT2D eigenvalue weighted by Crippen LogP contribution is -2.23. The molecule has 180 valence electrons. The minimum absolute atomic E-state index is 0.0908. The Balaban J connectivity index is 3.96. The van der Waals surface area contributed by atoms with Crippen molar-refractivity contribution in [3.05, 3.63) is 0 Å². The maximum absolute atomic E-state index is 12.2. The van der Waals surface area contributed by atoms with Crippen LogP contribution in [-0.4, -0.2) is 48.2 Å². The predicted octanol–water partition coefficient (Wildman–Crippen LogP) is 5.94. The van der Waals surface area contributed by atoms with E-state index in [1.165, 1.54) is 70.6 Å². The first-order valence-corrected chi connectivity index (χ1v) is 12.7. The average Bonchev–Trinajstić information content (AvgIpc) is 2.74. The van der Waals surface area contributed by atoms with Crippen LogP contribution in [-0.2, 0) is 14.3 Å². The lowest BCUT2D eigenvalue weighted by molar-refractivity contribution is -0.150. The highest BCUT2D eigenvalue weighted by atomic mass is 16.5. The molecule has 0 bridgehead atoms. The summed E-state index contributed by atoms with van der Waals surface area (Å²) < 4.78 is 11.1. The van der Waals surface area contributed by atoms with Crippen LogP contribution >= 0.6 is 0 Å². The maximum atomic E-state index is 12.2. The molecule has 0 rings (SSSR count). The van der Waals surface area contributed by atoms with Crippen LogP contribution in [0, 0.1) is 0 Å². The molecule has 0 aliphatic carbocycles. The molecule has 30 heavy (non-hydrogen) atoms. The predicted molar refractivity (Wildman–Crippen MR) is 124 cm³/mol. The molecule has 0 aromatic heterocycles. The van der Waals surface area contributed by atoms with E-state index >= 15 is 0 Å². The van der Waals surface area contributed by atoms with Crippen molar-refractivity contribution >= 4 is 5.97 Å². The topological polar surface area (TPSA) is 76.0 Å². The summed E-state index contributed by atoms with van der Waals surface area (Å²) in [6.45, 7) is 4.70. The molecule has 0 aliphatic rings. The van der Waals surface area contributed by atoms with Gasteiger partial charge in [0.25, 0.3) is 0 Å². The molecule has 0 spiro atoms. The minimum atomic E-state index is -0.841. The summed E-state index contributed by atoms with van der Waals surface area (Å²) in [6.07, 6.45) is 18.2. The number of rotatable bonds is 23. The number of carbonyl (C=O) groups is 1. The first-order valence-electron chi connectivity index (χ1n) is 12.7. The van der Waals surface area contributed by atoms with E-state index in [-0.39, 0.29) is 25.3 Å². The van der Waals surface area contributed by atoms with E-state index in [2.05, 4.69) is 13.8 Å². The van der Waals surface area contributed by atoms with Gasteiger partial charge in [-0.15, -0.1) is 0 Å². The van der Waals surface area contributed by atoms with Crippen molar-refractivity contribution < 1.29 is 24.5 Å². The second-order valence-corrected chi connectivity index (χ2v) is 8.59. The normalized spacial score (nSPS) is 13.3. The van der Waals surface area contributed by atoms with Crippen molar-refractivity contribution in [2.45, 2.75) is 135 Å². The third-order valence-corrected chi connectivity index (χ3v) is 5.52. The summed E-state index contributed by atoms with van der Waals surface area (Å²) in [5.74, 6) is -0.0908. The van der Waals surface area contributed by atoms with Gasteiger partial charge in [0.2, 0.25) is 0 Å². The maximum Gasteiger partial charge on any atom is 0.306 e. The first-order chi connectivity index (χ1) is 14.6. The Hall–Kier alpha value is -0.650. The molecule has 5 heteroatoms. The molecule has 0 radical (unpaired) electrons. The fourth-order valence-electron chi connectivity index (χ4n) is 3.55. The molecule has 0 amide bonds. The largest absolute Gasteiger partial charge is 0.462 e. The van der Waals surface area contributed by atoms with Crippen LogP contribution in [0.15, 0.2) is 0 Å². The summed E-state index contributed by atoms with van der Waals surface area (Å²) >= 11 is 0. The highest BCUT2D eigenvalue weighted by Crippen LogP contribution is 2.15. The Morgan fingerprint density at radius 3 is 1.87 bits per heavy atom. The lowest BCUT2D eigenvalue weighted by Gasteiger charge is -2.18. The van der Waals surface area contributed by atoms with Crippen LogP contribution in [0.5, 0.6) is 0 Å². The fraction of sp³-hybridized carbons (Fsp3) is 0.960. The molecule has 0 aromatic carbocycles. The van der Waals surface area contributed by atoms with Crippen molar-refractivity contribution in [1.82, 2.24) is 0 Å². The summed E-state index contributed by atoms with van der Waals surface area (Å²) in [5.41, 5.74) is 0. The van der Waals surface area contributed by atoms with Crippen LogP contribution < -0.4 is 0 Å². The quantitative estimate of drug-likeness (QED) is 0.155. The average molecular weight is 431 g/mol. The molecule has 0 heterocycles. The highest BCUT2D eigenvalue weighted by Gasteiger charge is 2.15. The van der Waals surface area contributed by atoms with Crippen LogP contribution in [0.4, 0.5) is 0 Å². The molecule has 2 unspecified atom stereocenters. The smallest absolute Gasteiger partial charge is 0.306 e. The van der Waals surface area contributed by atoms with Gasteiger partial charge in [0.15, 0.2) is 0 Å². The van der Waals surface area contributed by atoms with E-state index in [0.717, 1.165) is 25.7 Å². The molecular weight excluding hydrogens is 380 g/mol. The van der Waals surface area contributed by atoms with Gasteiger partial charge in [-0.05, 0) is 19.3 Å². The Labute approximate surface area is 185 Å². The number of unbranched alkanes of at least 4 members (excludes halogenated alkanes) is 12. The van der Waals surface area contributed by atoms with Gasteiger partial charge in [-0.25, -0.2) is 0 Å². The second kappa shape index (κ2) is 23.0. The third kappa shape index (κ3) is 20.6. The third-order valence-electron chi connectivity index (χ3n) is 5.52. The van der Waals surface area contributed by atoms with Gasteiger partial charge in [-0.2, -0.15) is 0 Å². The number of carbonyl (C=O) groups excluding carboxylic acids is 1. The molecular formula is C25H50O5. The van der Waals surface area contributed by atoms with E-state index in [0.29, 0.717) is 19.4 Å². The number of hydrogen-bond donors (Lipinski definition) is 2. The van der Waals surface area contributed by atoms with Gasteiger partial charge in [-0.3, -0.25) is 4.79 Å². The molecule has 2 atom stereocenters. The van der Waals surface area contributed by atoms with E-state index < -0.39 is 6.10 Å². The van der Waals surface area contributed by atoms with Gasteiger partial charge < -0.3 is 19.7 Å². The van der Waals surface area contributed by atoms with E-state index in [4.69, 9.17) is 14.6 Å². The van der Waals surface area contributed by atoms with Crippen molar-refractivity contribution in [3.8, 4) is 0 Å². The van der Waals surface area contributed by atoms with Crippen molar-refractivity contribution in [2.75, 3.05) is 19.8 Å². The monoisotopic (exact) mass is 430 g/mol. The van der Waals surface area contributed by atoms with Gasteiger partial charge in [0, 0.05) is 12.8 Å². The molecule has 0 aliphatic heterocycles. The summed E-state index contributed by atoms with van der Waals surface area (Å²) in [6, 6.07) is 0. The Morgan fingerprint density at radius 1 is 0.767 bits per heavy atom. The van der Waals surface area contributed by atoms with Gasteiger partial charge >= 0.3 is 5.97 Å². The Kier molecular flexibility index (Phi) is 22.5. The number of esters is 1. The number of ether oxygens (including phenoxy) is 2. The van der Waals surface area contributed by atoms with Crippen LogP contribution in [0.1, 0.15) is 123 Å². The zero-order valence-electron chi connectivity index (χ0n) is 19.9. The van der Waals surface area contributed by atoms with Gasteiger partial charge in [0.1, 0.15) is 12.2 Å². The SMILES string of the molecule is CCCCCCCCCCCC(=O)OC(CCCCCCC)CCOCC(O)CO. The zero-order chi connectivity index (χ0) is 22.3. The molecule has 2 N–H and O–H groups in total. The van der Waals surface area contributed by atoms with Crippen LogP contribution in [0.3, 0.4) is 0 Å². The second-order valence-electron chi connectivity index (χ2n) is 8.59. The summed E-state index contributed by atoms with van der Waals surface area (Å²) in [7, 11) is 0. The fourth-order valence-corrected chi connectivity index (χ4v) is 3.55.